The average molecular weight is 352 g/mol. The van der Waals surface area contributed by atoms with Crippen molar-refractivity contribution in [1.29, 1.82) is 0 Å². The van der Waals surface area contributed by atoms with Gasteiger partial charge < -0.3 is 15.5 Å². The van der Waals surface area contributed by atoms with Gasteiger partial charge in [-0.2, -0.15) is 0 Å². The van der Waals surface area contributed by atoms with E-state index in [0.29, 0.717) is 0 Å². The highest BCUT2D eigenvalue weighted by molar-refractivity contribution is 9.10. The second-order valence-electron chi connectivity index (χ2n) is 5.89. The van der Waals surface area contributed by atoms with E-state index < -0.39 is 0 Å². The van der Waals surface area contributed by atoms with Crippen molar-refractivity contribution >= 4 is 27.5 Å². The molecule has 114 valence electrons. The second-order valence-corrected chi connectivity index (χ2v) is 6.75. The van der Waals surface area contributed by atoms with Gasteiger partial charge in [0.15, 0.2) is 0 Å². The number of hydrogen-bond acceptors (Lipinski definition) is 3. The molecule has 1 amide bonds. The summed E-state index contributed by atoms with van der Waals surface area (Å²) in [7, 11) is 0. The first-order valence-corrected chi connectivity index (χ1v) is 8.56. The van der Waals surface area contributed by atoms with Gasteiger partial charge in [0.25, 0.3) is 0 Å². The smallest absolute Gasteiger partial charge is 0.237 e. The predicted octanol–water partition coefficient (Wildman–Crippen LogP) is 2.29. The minimum absolute atomic E-state index is 0.0104. The van der Waals surface area contributed by atoms with Crippen LogP contribution in [-0.4, -0.2) is 37.6 Å². The maximum absolute atomic E-state index is 12.3. The van der Waals surface area contributed by atoms with Crippen molar-refractivity contribution in [3.05, 3.63) is 28.7 Å². The van der Waals surface area contributed by atoms with Crippen LogP contribution < -0.4 is 15.5 Å². The van der Waals surface area contributed by atoms with Gasteiger partial charge in [0.2, 0.25) is 5.91 Å². The summed E-state index contributed by atoms with van der Waals surface area (Å²) >= 11 is 3.60. The molecule has 2 heterocycles. The van der Waals surface area contributed by atoms with Gasteiger partial charge in [0, 0.05) is 23.6 Å². The van der Waals surface area contributed by atoms with E-state index in [2.05, 4.69) is 49.7 Å². The lowest BCUT2D eigenvalue weighted by molar-refractivity contribution is -0.124. The molecule has 5 heteroatoms. The number of amides is 1. The number of halogens is 1. The van der Waals surface area contributed by atoms with E-state index in [1.54, 1.807) is 0 Å². The maximum atomic E-state index is 12.3. The molecule has 2 fully saturated rings. The highest BCUT2D eigenvalue weighted by atomic mass is 79.9. The molecular weight excluding hydrogens is 330 g/mol. The van der Waals surface area contributed by atoms with E-state index in [0.717, 1.165) is 43.4 Å². The monoisotopic (exact) mass is 351 g/mol. The van der Waals surface area contributed by atoms with Gasteiger partial charge in [-0.05, 0) is 53.9 Å². The molecule has 2 N–H and O–H groups in total. The van der Waals surface area contributed by atoms with Crippen molar-refractivity contribution in [3.63, 3.8) is 0 Å². The minimum Gasteiger partial charge on any atom is -0.368 e. The number of carbonyl (C=O) groups excluding carboxylic acids is 1. The zero-order valence-electron chi connectivity index (χ0n) is 12.1. The Morgan fingerprint density at radius 2 is 2.14 bits per heavy atom. The fraction of sp³-hybridized carbons (Fsp3) is 0.562. The highest BCUT2D eigenvalue weighted by Gasteiger charge is 2.28. The van der Waals surface area contributed by atoms with Gasteiger partial charge in [-0.3, -0.25) is 4.79 Å². The van der Waals surface area contributed by atoms with Crippen LogP contribution in [0.4, 0.5) is 5.69 Å². The highest BCUT2D eigenvalue weighted by Crippen LogP contribution is 2.28. The molecule has 4 nitrogen and oxygen atoms in total. The molecule has 0 aliphatic carbocycles. The molecule has 0 aromatic heterocycles. The Labute approximate surface area is 134 Å². The van der Waals surface area contributed by atoms with Crippen LogP contribution in [-0.2, 0) is 4.79 Å². The molecule has 1 unspecified atom stereocenters. The summed E-state index contributed by atoms with van der Waals surface area (Å²) < 4.78 is 1.12. The maximum Gasteiger partial charge on any atom is 0.237 e. The largest absolute Gasteiger partial charge is 0.368 e. The zero-order valence-corrected chi connectivity index (χ0v) is 13.7. The quantitative estimate of drug-likeness (QED) is 0.877. The molecule has 1 aromatic rings. The SMILES string of the molecule is O=C(NC1CCN(c2ccccc2Br)C1)[C@H]1CCCCN1. The first-order chi connectivity index (χ1) is 10.2. The molecule has 21 heavy (non-hydrogen) atoms. The number of nitrogens with zero attached hydrogens (tertiary/aromatic N) is 1. The van der Waals surface area contributed by atoms with Gasteiger partial charge in [0.1, 0.15) is 0 Å². The summed E-state index contributed by atoms with van der Waals surface area (Å²) in [5.41, 5.74) is 1.21. The minimum atomic E-state index is 0.0104. The van der Waals surface area contributed by atoms with E-state index in [4.69, 9.17) is 0 Å². The van der Waals surface area contributed by atoms with Crippen LogP contribution in [0.1, 0.15) is 25.7 Å². The van der Waals surface area contributed by atoms with Crippen LogP contribution in [0, 0.1) is 0 Å². The van der Waals surface area contributed by atoms with E-state index in [1.807, 2.05) is 6.07 Å². The number of nitrogens with one attached hydrogen (secondary N) is 2. The summed E-state index contributed by atoms with van der Waals surface area (Å²) in [4.78, 5) is 14.6. The lowest BCUT2D eigenvalue weighted by atomic mass is 10.0. The lowest BCUT2D eigenvalue weighted by Crippen LogP contribution is -2.50. The lowest BCUT2D eigenvalue weighted by Gasteiger charge is -2.25. The topological polar surface area (TPSA) is 44.4 Å². The predicted molar refractivity (Wildman–Crippen MR) is 88.5 cm³/mol. The van der Waals surface area contributed by atoms with Gasteiger partial charge in [-0.25, -0.2) is 0 Å². The van der Waals surface area contributed by atoms with Gasteiger partial charge in [-0.15, -0.1) is 0 Å². The summed E-state index contributed by atoms with van der Waals surface area (Å²) in [5, 5.41) is 6.52. The molecule has 3 rings (SSSR count). The van der Waals surface area contributed by atoms with Crippen molar-refractivity contribution in [2.75, 3.05) is 24.5 Å². The number of anilines is 1. The number of benzene rings is 1. The third-order valence-corrected chi connectivity index (χ3v) is 5.03. The fourth-order valence-electron chi connectivity index (χ4n) is 3.18. The average Bonchev–Trinajstić information content (AvgIpc) is 2.97. The third kappa shape index (κ3) is 3.58. The zero-order chi connectivity index (χ0) is 14.7. The number of rotatable bonds is 3. The van der Waals surface area contributed by atoms with Crippen molar-refractivity contribution < 1.29 is 4.79 Å². The molecule has 2 aliphatic heterocycles. The Morgan fingerprint density at radius 1 is 1.29 bits per heavy atom. The van der Waals surface area contributed by atoms with Gasteiger partial charge in [-0.1, -0.05) is 18.6 Å². The summed E-state index contributed by atoms with van der Waals surface area (Å²) in [5.74, 6) is 0.175. The molecule has 1 aromatic carbocycles. The van der Waals surface area contributed by atoms with Crippen molar-refractivity contribution in [2.45, 2.75) is 37.8 Å². The van der Waals surface area contributed by atoms with E-state index in [1.165, 1.54) is 12.1 Å². The normalized spacial score (nSPS) is 25.9. The molecule has 0 radical (unpaired) electrons. The molecule has 0 bridgehead atoms. The molecule has 2 atom stereocenters. The van der Waals surface area contributed by atoms with Crippen molar-refractivity contribution in [2.24, 2.45) is 0 Å². The standard InChI is InChI=1S/C16H22BrN3O/c17-13-5-1-2-7-15(13)20-10-8-12(11-20)19-16(21)14-6-3-4-9-18-14/h1-2,5,7,12,14,18H,3-4,6,8-11H2,(H,19,21)/t12?,14-/m1/s1. The van der Waals surface area contributed by atoms with Crippen LogP contribution in [0.5, 0.6) is 0 Å². The Morgan fingerprint density at radius 3 is 2.90 bits per heavy atom. The second kappa shape index (κ2) is 6.79. The van der Waals surface area contributed by atoms with Crippen molar-refractivity contribution in [3.8, 4) is 0 Å². The van der Waals surface area contributed by atoms with Crippen LogP contribution in [0.15, 0.2) is 28.7 Å². The van der Waals surface area contributed by atoms with Crippen LogP contribution in [0.25, 0.3) is 0 Å². The molecule has 0 spiro atoms. The molecule has 2 saturated heterocycles. The Balaban J connectivity index is 1.55. The molecular formula is C16H22BrN3O. The first kappa shape index (κ1) is 14.9. The molecule has 2 aliphatic rings. The summed E-state index contributed by atoms with van der Waals surface area (Å²) in [6, 6.07) is 8.53. The number of piperidine rings is 1. The summed E-state index contributed by atoms with van der Waals surface area (Å²) in [6.07, 6.45) is 4.31. The number of hydrogen-bond donors (Lipinski definition) is 2. The van der Waals surface area contributed by atoms with Crippen LogP contribution in [0.3, 0.4) is 0 Å². The Bertz CT molecular complexity index is 502. The fourth-order valence-corrected chi connectivity index (χ4v) is 3.72. The van der Waals surface area contributed by atoms with E-state index >= 15 is 0 Å². The number of para-hydroxylation sites is 1. The summed E-state index contributed by atoms with van der Waals surface area (Å²) in [6.45, 7) is 2.85. The third-order valence-electron chi connectivity index (χ3n) is 4.35. The first-order valence-electron chi connectivity index (χ1n) is 7.77. The Hall–Kier alpha value is -1.07. The van der Waals surface area contributed by atoms with Gasteiger partial charge >= 0.3 is 0 Å². The van der Waals surface area contributed by atoms with E-state index in [9.17, 15) is 4.79 Å². The number of carbonyl (C=O) groups is 1. The van der Waals surface area contributed by atoms with Crippen LogP contribution in [0.2, 0.25) is 0 Å². The van der Waals surface area contributed by atoms with Gasteiger partial charge in [0.05, 0.1) is 11.7 Å². The van der Waals surface area contributed by atoms with Crippen LogP contribution >= 0.6 is 15.9 Å². The van der Waals surface area contributed by atoms with Crippen molar-refractivity contribution in [1.82, 2.24) is 10.6 Å². The Kier molecular flexibility index (Phi) is 4.80. The van der Waals surface area contributed by atoms with E-state index in [-0.39, 0.29) is 18.0 Å². The molecule has 0 saturated carbocycles.